The average Bonchev–Trinajstić information content (AvgIpc) is 2.32. The molecule has 0 unspecified atom stereocenters. The highest BCUT2D eigenvalue weighted by Gasteiger charge is 2.09. The van der Waals surface area contributed by atoms with E-state index in [0.29, 0.717) is 29.3 Å². The Labute approximate surface area is 164 Å². The van der Waals surface area contributed by atoms with Crippen LogP contribution in [-0.2, 0) is 57.8 Å². The van der Waals surface area contributed by atoms with E-state index in [1.807, 2.05) is 14.1 Å². The van der Waals surface area contributed by atoms with Gasteiger partial charge in [0.2, 0.25) is 0 Å². The van der Waals surface area contributed by atoms with Crippen molar-refractivity contribution in [3.05, 3.63) is 0 Å². The molecule has 0 saturated heterocycles. The van der Waals surface area contributed by atoms with Crippen LogP contribution in [0.15, 0.2) is 0 Å². The lowest BCUT2D eigenvalue weighted by atomic mass is 11.0. The molecule has 0 radical (unpaired) electrons. The molecule has 0 amide bonds. The van der Waals surface area contributed by atoms with Gasteiger partial charge < -0.3 is 4.90 Å². The van der Waals surface area contributed by atoms with Gasteiger partial charge in [0.15, 0.2) is 0 Å². The fourth-order valence-electron chi connectivity index (χ4n) is 0.202. The lowest BCUT2D eigenvalue weighted by Crippen LogP contribution is -2.12. The Morgan fingerprint density at radius 1 is 0.654 bits per heavy atom. The zero-order valence-corrected chi connectivity index (χ0v) is 19.3. The minimum absolute atomic E-state index is 0.620. The Balaban J connectivity index is -0.000000316. The number of hydrogen-bond donors (Lipinski definition) is 1. The Kier molecular flexibility index (Phi) is 14.5. The molecule has 26 heavy (non-hydrogen) atoms. The molecule has 0 aliphatic rings. The third kappa shape index (κ3) is 39.1. The zero-order valence-electron chi connectivity index (χ0n) is 14.3. The second kappa shape index (κ2) is 12.4. The Morgan fingerprint density at radius 2 is 0.769 bits per heavy atom. The maximum absolute atomic E-state index is 10.1. The molecule has 0 saturated carbocycles. The normalized spacial score (nSPS) is 12.1. The van der Waals surface area contributed by atoms with Crippen LogP contribution in [-0.4, -0.2) is 82.0 Å². The summed E-state index contributed by atoms with van der Waals surface area (Å²) in [7, 11) is -11.7. The van der Waals surface area contributed by atoms with Crippen molar-refractivity contribution >= 4 is 69.6 Å². The van der Waals surface area contributed by atoms with E-state index in [-0.39, 0.29) is 0 Å². The highest BCUT2D eigenvalue weighted by molar-refractivity contribution is 8.10. The highest BCUT2D eigenvalue weighted by atomic mass is 32.2. The second-order valence-electron chi connectivity index (χ2n) is 4.27. The standard InChI is InChI=1S/C3H7NS2.2C2H6O6S2/c1-4(2)3(5)6;2*1-9(3,4)7-8-10(2,5)6/h1-2H3,(H,5,6);2*1-2H3. The topological polar surface area (TPSA) is 177 Å². The Morgan fingerprint density at radius 3 is 0.808 bits per heavy atom. The summed E-state index contributed by atoms with van der Waals surface area (Å²) < 4.78 is 95.1. The van der Waals surface area contributed by atoms with E-state index in [1.54, 1.807) is 4.90 Å². The van der Waals surface area contributed by atoms with Gasteiger partial charge in [-0.05, 0) is 0 Å². The van der Waals surface area contributed by atoms with Crippen molar-refractivity contribution in [2.24, 2.45) is 0 Å². The molecule has 19 heteroatoms. The minimum atomic E-state index is -3.86. The van der Waals surface area contributed by atoms with Gasteiger partial charge in [0.25, 0.3) is 40.5 Å². The monoisotopic (exact) mass is 501 g/mol. The molecule has 0 aromatic carbocycles. The molecule has 0 aliphatic carbocycles. The summed E-state index contributed by atoms with van der Waals surface area (Å²) in [5.74, 6) is 0. The van der Waals surface area contributed by atoms with Crippen LogP contribution >= 0.6 is 24.8 Å². The van der Waals surface area contributed by atoms with Crippen LogP contribution in [0.25, 0.3) is 0 Å². The van der Waals surface area contributed by atoms with Crippen molar-refractivity contribution in [3.8, 4) is 0 Å². The lowest BCUT2D eigenvalue weighted by Gasteiger charge is -2.05. The van der Waals surface area contributed by atoms with Crippen molar-refractivity contribution < 1.29 is 51.0 Å². The van der Waals surface area contributed by atoms with E-state index in [9.17, 15) is 33.7 Å². The molecule has 0 atom stereocenters. The van der Waals surface area contributed by atoms with Crippen LogP contribution in [0, 0.1) is 0 Å². The maximum atomic E-state index is 10.1. The first-order valence-corrected chi connectivity index (χ1v) is 13.6. The molecule has 0 fully saturated rings. The van der Waals surface area contributed by atoms with E-state index >= 15 is 0 Å². The quantitative estimate of drug-likeness (QED) is 0.192. The number of hydrogen-bond acceptors (Lipinski definition) is 13. The Bertz CT molecular complexity index is 710. The molecule has 0 aromatic heterocycles. The summed E-state index contributed by atoms with van der Waals surface area (Å²) in [5.41, 5.74) is 0. The molecule has 0 heterocycles. The third-order valence-electron chi connectivity index (χ3n) is 0.933. The van der Waals surface area contributed by atoms with E-state index in [1.165, 1.54) is 0 Å². The maximum Gasteiger partial charge on any atom is 0.291 e. The first-order valence-electron chi connectivity index (χ1n) is 5.51. The van der Waals surface area contributed by atoms with Crippen molar-refractivity contribution in [3.63, 3.8) is 0 Å². The van der Waals surface area contributed by atoms with Crippen molar-refractivity contribution in [1.82, 2.24) is 4.90 Å². The second-order valence-corrected chi connectivity index (χ2v) is 11.6. The van der Waals surface area contributed by atoms with Gasteiger partial charge in [-0.2, -0.15) is 33.7 Å². The van der Waals surface area contributed by atoms with E-state index in [2.05, 4.69) is 42.2 Å². The number of nitrogens with zero attached hydrogens (tertiary/aromatic N) is 1. The number of thiocarbonyl (C=S) groups is 1. The van der Waals surface area contributed by atoms with Crippen molar-refractivity contribution in [2.75, 3.05) is 39.1 Å². The van der Waals surface area contributed by atoms with Gasteiger partial charge in [0, 0.05) is 14.1 Å². The summed E-state index contributed by atoms with van der Waals surface area (Å²) in [5, 5.41) is 0. The molecule has 0 spiro atoms. The summed E-state index contributed by atoms with van der Waals surface area (Å²) >= 11 is 8.46. The van der Waals surface area contributed by atoms with Gasteiger partial charge in [-0.25, -0.2) is 0 Å². The first-order chi connectivity index (χ1) is 11.1. The minimum Gasteiger partial charge on any atom is -0.364 e. The van der Waals surface area contributed by atoms with Crippen LogP contribution < -0.4 is 0 Å². The van der Waals surface area contributed by atoms with Gasteiger partial charge >= 0.3 is 0 Å². The predicted molar refractivity (Wildman–Crippen MR) is 99.0 cm³/mol. The molecule has 0 N–H and O–H groups in total. The van der Waals surface area contributed by atoms with E-state index in [4.69, 9.17) is 0 Å². The molecular weight excluding hydrogens is 482 g/mol. The van der Waals surface area contributed by atoms with Crippen LogP contribution in [0.1, 0.15) is 0 Å². The summed E-state index contributed by atoms with van der Waals surface area (Å²) in [4.78, 5) is 1.76. The molecule has 13 nitrogen and oxygen atoms in total. The molecule has 0 aliphatic heterocycles. The van der Waals surface area contributed by atoms with E-state index < -0.39 is 40.5 Å². The first kappa shape index (κ1) is 30.6. The fraction of sp³-hybridized carbons (Fsp3) is 0.857. The number of rotatable bonds is 6. The van der Waals surface area contributed by atoms with Gasteiger partial charge in [0.05, 0.1) is 25.0 Å². The summed E-state index contributed by atoms with van der Waals surface area (Å²) in [6.45, 7) is 0. The van der Waals surface area contributed by atoms with Crippen LogP contribution in [0.4, 0.5) is 0 Å². The molecule has 0 aromatic rings. The largest absolute Gasteiger partial charge is 0.364 e. The van der Waals surface area contributed by atoms with Crippen LogP contribution in [0.2, 0.25) is 0 Å². The molecule has 160 valence electrons. The molecule has 0 rings (SSSR count). The Hall–Kier alpha value is -0.120. The summed E-state index contributed by atoms with van der Waals surface area (Å²) in [6.07, 6.45) is 2.66. The SMILES string of the molecule is CN(C)C(=S)S.CS(=O)(=O)OOS(C)(=O)=O.CS(=O)(=O)OOS(C)(=O)=O. The fourth-order valence-corrected chi connectivity index (χ4v) is 1.82. The summed E-state index contributed by atoms with van der Waals surface area (Å²) in [6, 6.07) is 0. The van der Waals surface area contributed by atoms with Gasteiger partial charge in [-0.1, -0.05) is 29.6 Å². The third-order valence-corrected chi connectivity index (χ3v) is 3.13. The van der Waals surface area contributed by atoms with Crippen molar-refractivity contribution in [1.29, 1.82) is 0 Å². The zero-order chi connectivity index (χ0) is 22.0. The van der Waals surface area contributed by atoms with Crippen LogP contribution in [0.3, 0.4) is 0 Å². The highest BCUT2D eigenvalue weighted by Crippen LogP contribution is 1.94. The lowest BCUT2D eigenvalue weighted by molar-refractivity contribution is -0.0832. The average molecular weight is 502 g/mol. The van der Waals surface area contributed by atoms with Gasteiger partial charge in [0.1, 0.15) is 4.32 Å². The number of thiol groups is 1. The van der Waals surface area contributed by atoms with E-state index in [0.717, 1.165) is 0 Å². The predicted octanol–water partition coefficient (Wildman–Crippen LogP) is -1.53. The smallest absolute Gasteiger partial charge is 0.291 e. The van der Waals surface area contributed by atoms with Crippen molar-refractivity contribution in [2.45, 2.75) is 0 Å². The van der Waals surface area contributed by atoms with Crippen LogP contribution in [0.5, 0.6) is 0 Å². The van der Waals surface area contributed by atoms with Gasteiger partial charge in [-0.3, -0.25) is 0 Å². The molecule has 0 bridgehead atoms. The van der Waals surface area contributed by atoms with Gasteiger partial charge in [-0.15, -0.1) is 12.6 Å². The molecular formula is C7H19NO12S6.